The van der Waals surface area contributed by atoms with E-state index in [2.05, 4.69) is 18.8 Å². The molecule has 0 aliphatic heterocycles. The molecule has 0 saturated heterocycles. The van der Waals surface area contributed by atoms with Crippen LogP contribution in [0.2, 0.25) is 10.0 Å². The van der Waals surface area contributed by atoms with Crippen LogP contribution in [-0.4, -0.2) is 6.54 Å². The second kappa shape index (κ2) is 8.58. The molecule has 0 aliphatic rings. The van der Waals surface area contributed by atoms with Gasteiger partial charge in [0, 0.05) is 16.1 Å². The highest BCUT2D eigenvalue weighted by atomic mass is 35.5. The van der Waals surface area contributed by atoms with Crippen LogP contribution in [0.25, 0.3) is 0 Å². The molecule has 1 atom stereocenters. The number of allylic oxidation sites excluding steroid dienone is 1. The summed E-state index contributed by atoms with van der Waals surface area (Å²) in [4.78, 5) is 0. The first-order chi connectivity index (χ1) is 8.65. The maximum atomic E-state index is 6.17. The summed E-state index contributed by atoms with van der Waals surface area (Å²) in [5, 5.41) is 4.89. The van der Waals surface area contributed by atoms with Gasteiger partial charge in [0.2, 0.25) is 0 Å². The van der Waals surface area contributed by atoms with E-state index in [1.807, 2.05) is 18.2 Å². The Labute approximate surface area is 120 Å². The van der Waals surface area contributed by atoms with Gasteiger partial charge < -0.3 is 5.32 Å². The summed E-state index contributed by atoms with van der Waals surface area (Å²) < 4.78 is 0. The number of benzene rings is 1. The fourth-order valence-corrected chi connectivity index (χ4v) is 2.44. The van der Waals surface area contributed by atoms with Crippen LogP contribution < -0.4 is 5.32 Å². The van der Waals surface area contributed by atoms with Crippen LogP contribution in [0.3, 0.4) is 0 Å². The Morgan fingerprint density at radius 2 is 2.06 bits per heavy atom. The molecule has 0 spiro atoms. The van der Waals surface area contributed by atoms with E-state index in [0.29, 0.717) is 5.02 Å². The molecule has 1 N–H and O–H groups in total. The molecule has 1 unspecified atom stereocenters. The minimum absolute atomic E-state index is 0.258. The molecular formula is C15H21Cl2N. The molecule has 1 nitrogen and oxygen atoms in total. The molecule has 100 valence electrons. The maximum absolute atomic E-state index is 6.17. The Morgan fingerprint density at radius 3 is 2.72 bits per heavy atom. The van der Waals surface area contributed by atoms with Crippen LogP contribution in [0.5, 0.6) is 0 Å². The summed E-state index contributed by atoms with van der Waals surface area (Å²) in [5.41, 5.74) is 1.10. The highest BCUT2D eigenvalue weighted by Crippen LogP contribution is 2.25. The van der Waals surface area contributed by atoms with Crippen LogP contribution in [0, 0.1) is 0 Å². The quantitative estimate of drug-likeness (QED) is 0.499. The van der Waals surface area contributed by atoms with Crippen molar-refractivity contribution >= 4 is 23.2 Å². The minimum Gasteiger partial charge on any atom is -0.310 e. The predicted molar refractivity (Wildman–Crippen MR) is 81.5 cm³/mol. The second-order valence-electron chi connectivity index (χ2n) is 4.48. The van der Waals surface area contributed by atoms with Crippen molar-refractivity contribution in [2.24, 2.45) is 0 Å². The molecule has 0 saturated carbocycles. The summed E-state index contributed by atoms with van der Waals surface area (Å²) in [5.74, 6) is 0. The Bertz CT molecular complexity index is 377. The number of unbranched alkanes of at least 4 members (excludes halogenated alkanes) is 3. The fourth-order valence-electron chi connectivity index (χ4n) is 1.87. The molecular weight excluding hydrogens is 265 g/mol. The summed E-state index contributed by atoms with van der Waals surface area (Å²) in [6.07, 6.45) is 6.73. The van der Waals surface area contributed by atoms with E-state index >= 15 is 0 Å². The monoisotopic (exact) mass is 285 g/mol. The van der Waals surface area contributed by atoms with E-state index in [1.165, 1.54) is 19.3 Å². The van der Waals surface area contributed by atoms with E-state index in [9.17, 15) is 0 Å². The van der Waals surface area contributed by atoms with Crippen LogP contribution in [0.4, 0.5) is 0 Å². The molecule has 1 aromatic carbocycles. The lowest BCUT2D eigenvalue weighted by Gasteiger charge is -2.15. The van der Waals surface area contributed by atoms with Crippen LogP contribution in [0.1, 0.15) is 44.2 Å². The van der Waals surface area contributed by atoms with E-state index in [1.54, 1.807) is 6.07 Å². The Hall–Kier alpha value is -0.500. The van der Waals surface area contributed by atoms with E-state index < -0.39 is 0 Å². The number of nitrogens with one attached hydrogen (secondary N) is 1. The lowest BCUT2D eigenvalue weighted by Crippen LogP contribution is -2.20. The maximum Gasteiger partial charge on any atom is 0.0468 e. The van der Waals surface area contributed by atoms with Gasteiger partial charge in [-0.2, -0.15) is 0 Å². The molecule has 0 fully saturated rings. The summed E-state index contributed by atoms with van der Waals surface area (Å²) >= 11 is 12.1. The molecule has 0 aliphatic carbocycles. The summed E-state index contributed by atoms with van der Waals surface area (Å²) in [6, 6.07) is 5.92. The number of rotatable bonds is 8. The highest BCUT2D eigenvalue weighted by Gasteiger charge is 2.08. The van der Waals surface area contributed by atoms with Gasteiger partial charge >= 0.3 is 0 Å². The van der Waals surface area contributed by atoms with E-state index in [-0.39, 0.29) is 6.04 Å². The van der Waals surface area contributed by atoms with Gasteiger partial charge in [-0.1, -0.05) is 41.8 Å². The molecule has 0 aromatic heterocycles. The Kier molecular flexibility index (Phi) is 7.41. The van der Waals surface area contributed by atoms with Crippen LogP contribution in [-0.2, 0) is 0 Å². The van der Waals surface area contributed by atoms with Crippen LogP contribution >= 0.6 is 23.2 Å². The van der Waals surface area contributed by atoms with E-state index in [0.717, 1.165) is 23.6 Å². The highest BCUT2D eigenvalue weighted by molar-refractivity contribution is 6.35. The number of hydrogen-bond acceptors (Lipinski definition) is 1. The third-order valence-corrected chi connectivity index (χ3v) is 3.53. The molecule has 1 aromatic rings. The molecule has 1 rings (SSSR count). The van der Waals surface area contributed by atoms with Gasteiger partial charge in [0.15, 0.2) is 0 Å². The normalized spacial score (nSPS) is 12.4. The van der Waals surface area contributed by atoms with Gasteiger partial charge in [-0.25, -0.2) is 0 Å². The predicted octanol–water partition coefficient (Wildman–Crippen LogP) is 5.39. The van der Waals surface area contributed by atoms with Crippen molar-refractivity contribution < 1.29 is 0 Å². The fraction of sp³-hybridized carbons (Fsp3) is 0.467. The standard InChI is InChI=1S/C15H21Cl2N/c1-3-4-5-6-7-10-18-12(2)14-9-8-13(16)11-15(14)17/h3,8-9,11-12,18H,1,4-7,10H2,2H3. The topological polar surface area (TPSA) is 12.0 Å². The number of hydrogen-bond donors (Lipinski definition) is 1. The molecule has 0 radical (unpaired) electrons. The van der Waals surface area contributed by atoms with Gasteiger partial charge in [0.05, 0.1) is 0 Å². The zero-order valence-corrected chi connectivity index (χ0v) is 12.4. The van der Waals surface area contributed by atoms with Gasteiger partial charge in [-0.3, -0.25) is 0 Å². The van der Waals surface area contributed by atoms with Gasteiger partial charge in [0.1, 0.15) is 0 Å². The first kappa shape index (κ1) is 15.6. The average Bonchev–Trinajstić information content (AvgIpc) is 2.33. The van der Waals surface area contributed by atoms with Crippen molar-refractivity contribution in [1.29, 1.82) is 0 Å². The first-order valence-corrected chi connectivity index (χ1v) is 7.20. The molecule has 0 heterocycles. The average molecular weight is 286 g/mol. The third-order valence-electron chi connectivity index (χ3n) is 2.96. The van der Waals surface area contributed by atoms with Crippen molar-refractivity contribution in [3.63, 3.8) is 0 Å². The van der Waals surface area contributed by atoms with Gasteiger partial charge in [-0.15, -0.1) is 6.58 Å². The Balaban J connectivity index is 2.31. The van der Waals surface area contributed by atoms with Gasteiger partial charge in [0.25, 0.3) is 0 Å². The van der Waals surface area contributed by atoms with E-state index in [4.69, 9.17) is 23.2 Å². The van der Waals surface area contributed by atoms with Crippen LogP contribution in [0.15, 0.2) is 30.9 Å². The SMILES string of the molecule is C=CCCCCCNC(C)c1ccc(Cl)cc1Cl. The van der Waals surface area contributed by atoms with Crippen molar-refractivity contribution in [3.05, 3.63) is 46.5 Å². The van der Waals surface area contributed by atoms with Crippen molar-refractivity contribution in [2.45, 2.75) is 38.6 Å². The molecule has 0 bridgehead atoms. The minimum atomic E-state index is 0.258. The Morgan fingerprint density at radius 1 is 1.28 bits per heavy atom. The zero-order chi connectivity index (χ0) is 13.4. The summed E-state index contributed by atoms with van der Waals surface area (Å²) in [6.45, 7) is 6.86. The first-order valence-electron chi connectivity index (χ1n) is 6.44. The summed E-state index contributed by atoms with van der Waals surface area (Å²) in [7, 11) is 0. The van der Waals surface area contributed by atoms with Crippen molar-refractivity contribution in [3.8, 4) is 0 Å². The second-order valence-corrected chi connectivity index (χ2v) is 5.32. The van der Waals surface area contributed by atoms with Crippen molar-refractivity contribution in [2.75, 3.05) is 6.54 Å². The number of halogens is 2. The third kappa shape index (κ3) is 5.43. The molecule has 0 amide bonds. The molecule has 3 heteroatoms. The smallest absolute Gasteiger partial charge is 0.0468 e. The molecule has 18 heavy (non-hydrogen) atoms. The largest absolute Gasteiger partial charge is 0.310 e. The lowest BCUT2D eigenvalue weighted by molar-refractivity contribution is 0.540. The van der Waals surface area contributed by atoms with Crippen molar-refractivity contribution in [1.82, 2.24) is 5.32 Å². The zero-order valence-electron chi connectivity index (χ0n) is 10.9. The van der Waals surface area contributed by atoms with Gasteiger partial charge in [-0.05, 0) is 50.4 Å². The lowest BCUT2D eigenvalue weighted by atomic mass is 10.1.